The van der Waals surface area contributed by atoms with Crippen LogP contribution in [0.25, 0.3) is 0 Å². The number of nitriles is 1. The van der Waals surface area contributed by atoms with Crippen LogP contribution in [0.4, 0.5) is 0 Å². The normalized spacial score (nSPS) is 10.3. The summed E-state index contributed by atoms with van der Waals surface area (Å²) in [7, 11) is 0. The molecule has 1 aromatic carbocycles. The van der Waals surface area contributed by atoms with E-state index in [1.807, 2.05) is 0 Å². The zero-order valence-corrected chi connectivity index (χ0v) is 13.6. The van der Waals surface area contributed by atoms with Crippen molar-refractivity contribution < 1.29 is 4.79 Å². The Bertz CT molecular complexity index is 938. The molecule has 0 amide bonds. The molecule has 0 bridgehead atoms. The van der Waals surface area contributed by atoms with Crippen LogP contribution in [0.5, 0.6) is 0 Å². The van der Waals surface area contributed by atoms with Crippen molar-refractivity contribution in [1.29, 1.82) is 5.26 Å². The highest BCUT2D eigenvalue weighted by Crippen LogP contribution is 2.21. The highest BCUT2D eigenvalue weighted by molar-refractivity contribution is 6.36. The van der Waals surface area contributed by atoms with Crippen molar-refractivity contribution >= 4 is 29.0 Å². The Morgan fingerprint density at radius 1 is 1.30 bits per heavy atom. The number of carbonyl (C=O) groups is 1. The summed E-state index contributed by atoms with van der Waals surface area (Å²) in [5.41, 5.74) is -1.52. The van der Waals surface area contributed by atoms with E-state index in [1.54, 1.807) is 13.0 Å². The van der Waals surface area contributed by atoms with Gasteiger partial charge in [-0.1, -0.05) is 23.2 Å². The van der Waals surface area contributed by atoms with E-state index in [0.717, 1.165) is 4.57 Å². The average Bonchev–Trinajstić information content (AvgIpc) is 2.51. The first-order valence-corrected chi connectivity index (χ1v) is 7.37. The molecular formula is C15H11Cl2N3O3. The summed E-state index contributed by atoms with van der Waals surface area (Å²) in [6, 6.07) is 6.03. The summed E-state index contributed by atoms with van der Waals surface area (Å²) in [6.45, 7) is 1.45. The van der Waals surface area contributed by atoms with Crippen LogP contribution >= 0.6 is 23.2 Å². The van der Waals surface area contributed by atoms with Crippen molar-refractivity contribution in [3.8, 4) is 6.07 Å². The molecule has 2 rings (SSSR count). The Labute approximate surface area is 141 Å². The minimum atomic E-state index is -0.805. The topological polar surface area (TPSA) is 84.9 Å². The van der Waals surface area contributed by atoms with Gasteiger partial charge in [0.25, 0.3) is 5.56 Å². The number of benzene rings is 1. The standard InChI is InChI=1S/C15H11Cl2N3O3/c1-2-19-7-9(6-18)14(22)20(15(19)23)8-13(21)11-4-3-10(16)5-12(11)17/h3-5,7H,2,8H2,1H3. The lowest BCUT2D eigenvalue weighted by Crippen LogP contribution is -2.42. The molecule has 8 heteroatoms. The number of aromatic nitrogens is 2. The predicted molar refractivity (Wildman–Crippen MR) is 86.1 cm³/mol. The number of halogens is 2. The summed E-state index contributed by atoms with van der Waals surface area (Å²) in [5.74, 6) is -0.524. The quantitative estimate of drug-likeness (QED) is 0.789. The first kappa shape index (κ1) is 17.0. The predicted octanol–water partition coefficient (Wildman–Crippen LogP) is 2.09. The monoisotopic (exact) mass is 351 g/mol. The third-order valence-electron chi connectivity index (χ3n) is 3.23. The summed E-state index contributed by atoms with van der Waals surface area (Å²) < 4.78 is 1.92. The third kappa shape index (κ3) is 3.36. The van der Waals surface area contributed by atoms with E-state index in [0.29, 0.717) is 5.02 Å². The van der Waals surface area contributed by atoms with E-state index in [1.165, 1.54) is 29.0 Å². The van der Waals surface area contributed by atoms with E-state index in [9.17, 15) is 14.4 Å². The Morgan fingerprint density at radius 3 is 2.57 bits per heavy atom. The zero-order chi connectivity index (χ0) is 17.1. The van der Waals surface area contributed by atoms with Crippen molar-refractivity contribution in [1.82, 2.24) is 9.13 Å². The van der Waals surface area contributed by atoms with E-state index in [4.69, 9.17) is 28.5 Å². The molecule has 2 aromatic rings. The molecule has 0 aliphatic carbocycles. The third-order valence-corrected chi connectivity index (χ3v) is 3.78. The average molecular weight is 352 g/mol. The molecule has 0 saturated heterocycles. The fourth-order valence-corrected chi connectivity index (χ4v) is 2.55. The molecule has 6 nitrogen and oxygen atoms in total. The van der Waals surface area contributed by atoms with Crippen molar-refractivity contribution in [3.05, 3.63) is 66.4 Å². The van der Waals surface area contributed by atoms with Crippen molar-refractivity contribution in [3.63, 3.8) is 0 Å². The smallest absolute Gasteiger partial charge is 0.299 e. The lowest BCUT2D eigenvalue weighted by molar-refractivity contribution is 0.0968. The van der Waals surface area contributed by atoms with Gasteiger partial charge in [0.05, 0.1) is 11.6 Å². The Balaban J connectivity index is 2.52. The number of aryl methyl sites for hydroxylation is 1. The molecule has 0 atom stereocenters. The number of hydrogen-bond acceptors (Lipinski definition) is 4. The second-order valence-electron chi connectivity index (χ2n) is 4.66. The molecule has 0 saturated carbocycles. The van der Waals surface area contributed by atoms with Gasteiger partial charge in [0.2, 0.25) is 0 Å². The maximum atomic E-state index is 12.3. The maximum Gasteiger partial charge on any atom is 0.331 e. The van der Waals surface area contributed by atoms with Gasteiger partial charge in [-0.3, -0.25) is 18.7 Å². The first-order valence-electron chi connectivity index (χ1n) is 6.61. The van der Waals surface area contributed by atoms with E-state index >= 15 is 0 Å². The SMILES string of the molecule is CCn1cc(C#N)c(=O)n(CC(=O)c2ccc(Cl)cc2Cl)c1=O. The summed E-state index contributed by atoms with van der Waals surface area (Å²) in [5, 5.41) is 9.47. The summed E-state index contributed by atoms with van der Waals surface area (Å²) in [6.07, 6.45) is 1.18. The molecule has 0 spiro atoms. The highest BCUT2D eigenvalue weighted by Gasteiger charge is 2.17. The first-order chi connectivity index (χ1) is 10.9. The zero-order valence-electron chi connectivity index (χ0n) is 12.0. The van der Waals surface area contributed by atoms with Gasteiger partial charge in [-0.25, -0.2) is 4.79 Å². The van der Waals surface area contributed by atoms with Crippen LogP contribution in [0.2, 0.25) is 10.0 Å². The van der Waals surface area contributed by atoms with Gasteiger partial charge in [-0.15, -0.1) is 0 Å². The maximum absolute atomic E-state index is 12.3. The number of nitrogens with zero attached hydrogens (tertiary/aromatic N) is 3. The van der Waals surface area contributed by atoms with Crippen molar-refractivity contribution in [2.45, 2.75) is 20.0 Å². The molecule has 0 aliphatic rings. The molecule has 1 heterocycles. The van der Waals surface area contributed by atoms with Gasteiger partial charge < -0.3 is 0 Å². The van der Waals surface area contributed by atoms with Gasteiger partial charge in [0.1, 0.15) is 11.6 Å². The second-order valence-corrected chi connectivity index (χ2v) is 5.51. The molecule has 23 heavy (non-hydrogen) atoms. The second kappa shape index (κ2) is 6.82. The van der Waals surface area contributed by atoms with Crippen LogP contribution in [-0.4, -0.2) is 14.9 Å². The van der Waals surface area contributed by atoms with Gasteiger partial charge in [-0.05, 0) is 25.1 Å². The number of ketones is 1. The highest BCUT2D eigenvalue weighted by atomic mass is 35.5. The largest absolute Gasteiger partial charge is 0.331 e. The van der Waals surface area contributed by atoms with Gasteiger partial charge in [-0.2, -0.15) is 5.26 Å². The minimum absolute atomic E-state index is 0.128. The molecular weight excluding hydrogens is 341 g/mol. The van der Waals surface area contributed by atoms with Crippen molar-refractivity contribution in [2.75, 3.05) is 0 Å². The molecule has 118 valence electrons. The molecule has 1 aromatic heterocycles. The number of hydrogen-bond donors (Lipinski definition) is 0. The number of rotatable bonds is 4. The van der Waals surface area contributed by atoms with Crippen LogP contribution in [0.15, 0.2) is 34.0 Å². The van der Waals surface area contributed by atoms with Gasteiger partial charge in [0, 0.05) is 23.3 Å². The summed E-state index contributed by atoms with van der Waals surface area (Å²) in [4.78, 5) is 36.7. The molecule has 0 radical (unpaired) electrons. The fourth-order valence-electron chi connectivity index (χ4n) is 2.04. The molecule has 0 unspecified atom stereocenters. The Morgan fingerprint density at radius 2 is 2.00 bits per heavy atom. The van der Waals surface area contributed by atoms with E-state index in [2.05, 4.69) is 0 Å². The molecule has 0 aliphatic heterocycles. The van der Waals surface area contributed by atoms with Crippen LogP contribution < -0.4 is 11.2 Å². The number of carbonyl (C=O) groups excluding carboxylic acids is 1. The molecule has 0 N–H and O–H groups in total. The van der Waals surface area contributed by atoms with E-state index < -0.39 is 23.6 Å². The lowest BCUT2D eigenvalue weighted by atomic mass is 10.1. The Hall–Kier alpha value is -2.36. The lowest BCUT2D eigenvalue weighted by Gasteiger charge is -2.09. The Kier molecular flexibility index (Phi) is 5.04. The van der Waals surface area contributed by atoms with Crippen LogP contribution in [0.3, 0.4) is 0 Å². The van der Waals surface area contributed by atoms with Crippen LogP contribution in [-0.2, 0) is 13.1 Å². The minimum Gasteiger partial charge on any atom is -0.299 e. The fraction of sp³-hybridized carbons (Fsp3) is 0.200. The van der Waals surface area contributed by atoms with Gasteiger partial charge in [0.15, 0.2) is 5.78 Å². The summed E-state index contributed by atoms with van der Waals surface area (Å²) >= 11 is 11.7. The van der Waals surface area contributed by atoms with Gasteiger partial charge >= 0.3 is 5.69 Å². The number of Topliss-reactive ketones (excluding diaryl/α,β-unsaturated/α-hetero) is 1. The van der Waals surface area contributed by atoms with Crippen LogP contribution in [0, 0.1) is 11.3 Å². The van der Waals surface area contributed by atoms with Crippen molar-refractivity contribution in [2.24, 2.45) is 0 Å². The van der Waals surface area contributed by atoms with E-state index in [-0.39, 0.29) is 22.7 Å². The molecule has 0 fully saturated rings. The van der Waals surface area contributed by atoms with Crippen LogP contribution in [0.1, 0.15) is 22.8 Å².